The van der Waals surface area contributed by atoms with E-state index >= 15 is 0 Å². The van der Waals surface area contributed by atoms with Gasteiger partial charge in [0, 0.05) is 12.7 Å². The maximum absolute atomic E-state index is 5.85. The highest BCUT2D eigenvalue weighted by atomic mass is 16.5. The fourth-order valence-corrected chi connectivity index (χ4v) is 1.72. The van der Waals surface area contributed by atoms with E-state index in [2.05, 4.69) is 10.1 Å². The fraction of sp³-hybridized carbons (Fsp3) is 0.385. The molecule has 0 aliphatic carbocycles. The highest BCUT2D eigenvalue weighted by Gasteiger charge is 2.16. The second-order valence-electron chi connectivity index (χ2n) is 4.34. The van der Waals surface area contributed by atoms with Gasteiger partial charge in [0.25, 0.3) is 5.89 Å². The molecule has 0 radical (unpaired) electrons. The first kappa shape index (κ1) is 12.7. The second-order valence-corrected chi connectivity index (χ2v) is 4.34. The third-order valence-electron chi connectivity index (χ3n) is 2.74. The van der Waals surface area contributed by atoms with Crippen LogP contribution in [0.1, 0.15) is 23.0 Å². The number of methoxy groups -OCH3 is 1. The van der Waals surface area contributed by atoms with Gasteiger partial charge < -0.3 is 15.0 Å². The normalized spacial score (nSPS) is 12.7. The number of hydrogen-bond acceptors (Lipinski definition) is 5. The number of hydrogen-bond donors (Lipinski definition) is 1. The number of rotatable bonds is 4. The van der Waals surface area contributed by atoms with Crippen molar-refractivity contribution in [3.8, 4) is 11.5 Å². The van der Waals surface area contributed by atoms with Crippen molar-refractivity contribution in [1.82, 2.24) is 10.1 Å². The van der Waals surface area contributed by atoms with Crippen LogP contribution in [0.2, 0.25) is 0 Å². The molecule has 0 fully saturated rings. The molecule has 2 rings (SSSR count). The molecular formula is C13H17N3O2. The lowest BCUT2D eigenvalue weighted by Crippen LogP contribution is -2.17. The van der Waals surface area contributed by atoms with Crippen LogP contribution in [0.15, 0.2) is 22.7 Å². The van der Waals surface area contributed by atoms with Gasteiger partial charge in [0.2, 0.25) is 0 Å². The zero-order chi connectivity index (χ0) is 13.1. The van der Waals surface area contributed by atoms with Gasteiger partial charge in [0.15, 0.2) is 5.82 Å². The molecule has 96 valence electrons. The molecule has 0 amide bonds. The number of benzene rings is 1. The second kappa shape index (κ2) is 5.29. The number of aryl methyl sites for hydroxylation is 2. The summed E-state index contributed by atoms with van der Waals surface area (Å²) in [5.74, 6) is 0.963. The Labute approximate surface area is 106 Å². The molecule has 18 heavy (non-hydrogen) atoms. The first-order valence-electron chi connectivity index (χ1n) is 5.77. The quantitative estimate of drug-likeness (QED) is 0.894. The van der Waals surface area contributed by atoms with Crippen LogP contribution in [-0.4, -0.2) is 23.9 Å². The van der Waals surface area contributed by atoms with E-state index < -0.39 is 0 Å². The molecule has 1 aromatic heterocycles. The first-order chi connectivity index (χ1) is 8.61. The van der Waals surface area contributed by atoms with E-state index in [1.807, 2.05) is 32.0 Å². The van der Waals surface area contributed by atoms with Gasteiger partial charge in [-0.3, -0.25) is 0 Å². The molecule has 0 aliphatic rings. The van der Waals surface area contributed by atoms with E-state index in [9.17, 15) is 0 Å². The van der Waals surface area contributed by atoms with Crippen molar-refractivity contribution in [2.45, 2.75) is 19.9 Å². The van der Waals surface area contributed by atoms with Gasteiger partial charge in [-0.15, -0.1) is 0 Å². The van der Waals surface area contributed by atoms with Gasteiger partial charge in [-0.05, 0) is 25.5 Å². The molecule has 1 aromatic carbocycles. The van der Waals surface area contributed by atoms with Crippen molar-refractivity contribution in [3.05, 3.63) is 35.2 Å². The number of nitrogens with two attached hydrogens (primary N) is 1. The smallest absolute Gasteiger partial charge is 0.258 e. The lowest BCUT2D eigenvalue weighted by molar-refractivity contribution is 0.177. The Kier molecular flexibility index (Phi) is 3.74. The summed E-state index contributed by atoms with van der Waals surface area (Å²) in [6.45, 7) is 4.40. The number of aromatic nitrogens is 2. The predicted octanol–water partition coefficient (Wildman–Crippen LogP) is 2.00. The molecule has 1 unspecified atom stereocenters. The summed E-state index contributed by atoms with van der Waals surface area (Å²) in [5.41, 5.74) is 9.04. The van der Waals surface area contributed by atoms with Gasteiger partial charge in [0.05, 0.1) is 12.6 Å². The lowest BCUT2D eigenvalue weighted by Gasteiger charge is -2.03. The molecule has 1 atom stereocenters. The van der Waals surface area contributed by atoms with Crippen LogP contribution in [0.25, 0.3) is 11.5 Å². The summed E-state index contributed by atoms with van der Waals surface area (Å²) in [5, 5.41) is 3.89. The maximum atomic E-state index is 5.85. The molecular weight excluding hydrogens is 230 g/mol. The average molecular weight is 247 g/mol. The van der Waals surface area contributed by atoms with E-state index in [-0.39, 0.29) is 6.04 Å². The van der Waals surface area contributed by atoms with Crippen LogP contribution >= 0.6 is 0 Å². The molecule has 0 saturated heterocycles. The minimum atomic E-state index is -0.363. The largest absolute Gasteiger partial charge is 0.383 e. The van der Waals surface area contributed by atoms with Gasteiger partial charge in [-0.1, -0.05) is 22.9 Å². The van der Waals surface area contributed by atoms with Crippen molar-refractivity contribution in [3.63, 3.8) is 0 Å². The van der Waals surface area contributed by atoms with Gasteiger partial charge in [-0.25, -0.2) is 0 Å². The molecule has 0 spiro atoms. The molecule has 2 aromatic rings. The molecule has 1 heterocycles. The first-order valence-corrected chi connectivity index (χ1v) is 5.77. The topological polar surface area (TPSA) is 74.2 Å². The van der Waals surface area contributed by atoms with Crippen LogP contribution in [0, 0.1) is 13.8 Å². The monoisotopic (exact) mass is 247 g/mol. The zero-order valence-corrected chi connectivity index (χ0v) is 10.8. The third-order valence-corrected chi connectivity index (χ3v) is 2.74. The van der Waals surface area contributed by atoms with E-state index in [4.69, 9.17) is 15.0 Å². The average Bonchev–Trinajstić information content (AvgIpc) is 2.82. The SMILES string of the molecule is COCC(N)c1noc(-c2cc(C)ccc2C)n1. The highest BCUT2D eigenvalue weighted by Crippen LogP contribution is 2.23. The third kappa shape index (κ3) is 2.57. The van der Waals surface area contributed by atoms with E-state index in [1.165, 1.54) is 0 Å². The Hall–Kier alpha value is -1.72. The van der Waals surface area contributed by atoms with Crippen LogP contribution in [-0.2, 0) is 4.74 Å². The van der Waals surface area contributed by atoms with Crippen LogP contribution in [0.5, 0.6) is 0 Å². The summed E-state index contributed by atoms with van der Waals surface area (Å²) in [7, 11) is 1.59. The Balaban J connectivity index is 2.32. The molecule has 0 bridgehead atoms. The predicted molar refractivity (Wildman–Crippen MR) is 68.0 cm³/mol. The summed E-state index contributed by atoms with van der Waals surface area (Å²) in [4.78, 5) is 4.32. The van der Waals surface area contributed by atoms with Crippen LogP contribution in [0.4, 0.5) is 0 Å². The summed E-state index contributed by atoms with van der Waals surface area (Å²) in [6, 6.07) is 5.74. The van der Waals surface area contributed by atoms with Crippen molar-refractivity contribution in [1.29, 1.82) is 0 Å². The minimum absolute atomic E-state index is 0.363. The van der Waals surface area contributed by atoms with E-state index in [0.717, 1.165) is 16.7 Å². The van der Waals surface area contributed by atoms with Crippen molar-refractivity contribution in [2.24, 2.45) is 5.73 Å². The fourth-order valence-electron chi connectivity index (χ4n) is 1.72. The Morgan fingerprint density at radius 3 is 2.89 bits per heavy atom. The molecule has 2 N–H and O–H groups in total. The maximum Gasteiger partial charge on any atom is 0.258 e. The van der Waals surface area contributed by atoms with Gasteiger partial charge >= 0.3 is 0 Å². The Morgan fingerprint density at radius 2 is 2.17 bits per heavy atom. The number of ether oxygens (including phenoxy) is 1. The molecule has 0 aliphatic heterocycles. The van der Waals surface area contributed by atoms with Gasteiger partial charge in [0.1, 0.15) is 0 Å². The zero-order valence-electron chi connectivity index (χ0n) is 10.8. The highest BCUT2D eigenvalue weighted by molar-refractivity contribution is 5.59. The lowest BCUT2D eigenvalue weighted by atomic mass is 10.1. The summed E-state index contributed by atoms with van der Waals surface area (Å²) in [6.07, 6.45) is 0. The summed E-state index contributed by atoms with van der Waals surface area (Å²) < 4.78 is 10.2. The molecule has 5 heteroatoms. The van der Waals surface area contributed by atoms with Crippen molar-refractivity contribution < 1.29 is 9.26 Å². The van der Waals surface area contributed by atoms with Crippen molar-refractivity contribution in [2.75, 3.05) is 13.7 Å². The van der Waals surface area contributed by atoms with E-state index in [0.29, 0.717) is 18.3 Å². The standard InChI is InChI=1S/C13H17N3O2/c1-8-4-5-9(2)10(6-8)13-15-12(16-18-13)11(14)7-17-3/h4-6,11H,7,14H2,1-3H3. The minimum Gasteiger partial charge on any atom is -0.383 e. The number of nitrogens with zero attached hydrogens (tertiary/aromatic N) is 2. The van der Waals surface area contributed by atoms with Gasteiger partial charge in [-0.2, -0.15) is 4.98 Å². The Bertz CT molecular complexity index is 537. The van der Waals surface area contributed by atoms with Crippen LogP contribution < -0.4 is 5.73 Å². The Morgan fingerprint density at radius 1 is 1.39 bits per heavy atom. The molecule has 0 saturated carbocycles. The van der Waals surface area contributed by atoms with Crippen LogP contribution in [0.3, 0.4) is 0 Å². The molecule has 5 nitrogen and oxygen atoms in total. The van der Waals surface area contributed by atoms with E-state index in [1.54, 1.807) is 7.11 Å². The summed E-state index contributed by atoms with van der Waals surface area (Å²) >= 11 is 0. The van der Waals surface area contributed by atoms with Crippen molar-refractivity contribution >= 4 is 0 Å².